The summed E-state index contributed by atoms with van der Waals surface area (Å²) in [6.45, 7) is 5.45. The SMILES string of the molecule is COc1ccc(/C=C/C(=O)NOC(C)(C)C)cc1F. The van der Waals surface area contributed by atoms with Crippen molar-refractivity contribution in [1.82, 2.24) is 5.48 Å². The molecule has 0 spiro atoms. The standard InChI is InChI=1S/C14H18FNO3/c1-14(2,3)19-16-13(17)8-6-10-5-7-12(18-4)11(15)9-10/h5-9H,1-4H3,(H,16,17)/b8-6+. The molecule has 0 bridgehead atoms. The van der Waals surface area contributed by atoms with Gasteiger partial charge in [0, 0.05) is 6.08 Å². The largest absolute Gasteiger partial charge is 0.494 e. The summed E-state index contributed by atoms with van der Waals surface area (Å²) in [6, 6.07) is 4.43. The first-order valence-corrected chi connectivity index (χ1v) is 5.81. The molecule has 4 nitrogen and oxygen atoms in total. The van der Waals surface area contributed by atoms with E-state index in [9.17, 15) is 9.18 Å². The molecule has 0 atom stereocenters. The minimum atomic E-state index is -0.476. The Hall–Kier alpha value is -1.88. The predicted octanol–water partition coefficient (Wildman–Crippen LogP) is 2.69. The average molecular weight is 267 g/mol. The highest BCUT2D eigenvalue weighted by atomic mass is 19.1. The normalized spacial score (nSPS) is 11.6. The van der Waals surface area contributed by atoms with Gasteiger partial charge >= 0.3 is 0 Å². The fourth-order valence-corrected chi connectivity index (χ4v) is 1.20. The minimum Gasteiger partial charge on any atom is -0.494 e. The maximum Gasteiger partial charge on any atom is 0.267 e. The number of halogens is 1. The van der Waals surface area contributed by atoms with E-state index in [2.05, 4.69) is 5.48 Å². The molecule has 1 aromatic carbocycles. The van der Waals surface area contributed by atoms with Crippen LogP contribution in [-0.2, 0) is 9.63 Å². The van der Waals surface area contributed by atoms with Gasteiger partial charge in [0.25, 0.3) is 5.91 Å². The first kappa shape index (κ1) is 15.2. The summed E-state index contributed by atoms with van der Waals surface area (Å²) in [7, 11) is 1.39. The van der Waals surface area contributed by atoms with Gasteiger partial charge in [0.2, 0.25) is 0 Å². The Morgan fingerprint density at radius 2 is 2.05 bits per heavy atom. The third kappa shape index (κ3) is 5.52. The fourth-order valence-electron chi connectivity index (χ4n) is 1.20. The summed E-state index contributed by atoms with van der Waals surface area (Å²) < 4.78 is 18.2. The lowest BCUT2D eigenvalue weighted by Gasteiger charge is -2.17. The van der Waals surface area contributed by atoms with E-state index in [1.165, 1.54) is 31.4 Å². The molecular formula is C14H18FNO3. The van der Waals surface area contributed by atoms with Crippen LogP contribution in [0.3, 0.4) is 0 Å². The summed E-state index contributed by atoms with van der Waals surface area (Å²) in [6.07, 6.45) is 2.76. The number of hydrogen-bond acceptors (Lipinski definition) is 3. The lowest BCUT2D eigenvalue weighted by atomic mass is 10.2. The lowest BCUT2D eigenvalue weighted by molar-refractivity contribution is -0.140. The van der Waals surface area contributed by atoms with Crippen LogP contribution in [0.4, 0.5) is 4.39 Å². The number of nitrogens with one attached hydrogen (secondary N) is 1. The number of methoxy groups -OCH3 is 1. The van der Waals surface area contributed by atoms with Crippen LogP contribution in [0.1, 0.15) is 26.3 Å². The molecule has 104 valence electrons. The molecular weight excluding hydrogens is 249 g/mol. The Labute approximate surface area is 112 Å². The summed E-state index contributed by atoms with van der Waals surface area (Å²) in [5.41, 5.74) is 2.38. The first-order chi connectivity index (χ1) is 8.81. The number of ether oxygens (including phenoxy) is 1. The van der Waals surface area contributed by atoms with Crippen molar-refractivity contribution in [1.29, 1.82) is 0 Å². The van der Waals surface area contributed by atoms with Crippen LogP contribution in [0, 0.1) is 5.82 Å². The highest BCUT2D eigenvalue weighted by Crippen LogP contribution is 2.18. The molecule has 0 fully saturated rings. The number of amides is 1. The zero-order chi connectivity index (χ0) is 14.5. The maximum atomic E-state index is 13.4. The predicted molar refractivity (Wildman–Crippen MR) is 71.0 cm³/mol. The third-order valence-corrected chi connectivity index (χ3v) is 2.06. The van der Waals surface area contributed by atoms with Crippen molar-refractivity contribution in [2.75, 3.05) is 7.11 Å². The van der Waals surface area contributed by atoms with Crippen molar-refractivity contribution in [2.45, 2.75) is 26.4 Å². The topological polar surface area (TPSA) is 47.6 Å². The van der Waals surface area contributed by atoms with E-state index in [4.69, 9.17) is 9.57 Å². The Balaban J connectivity index is 2.61. The molecule has 1 aromatic rings. The molecule has 1 N–H and O–H groups in total. The summed E-state index contributed by atoms with van der Waals surface area (Å²) in [5.74, 6) is -0.722. The highest BCUT2D eigenvalue weighted by Gasteiger charge is 2.11. The Morgan fingerprint density at radius 1 is 1.37 bits per heavy atom. The van der Waals surface area contributed by atoms with E-state index in [0.717, 1.165) is 0 Å². The monoisotopic (exact) mass is 267 g/mol. The Kier molecular flexibility index (Phi) is 5.06. The van der Waals surface area contributed by atoms with Crippen molar-refractivity contribution in [3.63, 3.8) is 0 Å². The molecule has 1 rings (SSSR count). The van der Waals surface area contributed by atoms with Crippen molar-refractivity contribution in [2.24, 2.45) is 0 Å². The summed E-state index contributed by atoms with van der Waals surface area (Å²) >= 11 is 0. The van der Waals surface area contributed by atoms with Crippen LogP contribution in [0.2, 0.25) is 0 Å². The van der Waals surface area contributed by atoms with E-state index in [-0.39, 0.29) is 5.75 Å². The second-order valence-electron chi connectivity index (χ2n) is 4.91. The number of rotatable bonds is 4. The summed E-state index contributed by atoms with van der Waals surface area (Å²) in [4.78, 5) is 16.5. The van der Waals surface area contributed by atoms with Crippen molar-refractivity contribution < 1.29 is 18.8 Å². The number of hydrogen-bond donors (Lipinski definition) is 1. The second kappa shape index (κ2) is 6.33. The minimum absolute atomic E-state index is 0.165. The molecule has 19 heavy (non-hydrogen) atoms. The zero-order valence-electron chi connectivity index (χ0n) is 11.5. The quantitative estimate of drug-likeness (QED) is 0.674. The Morgan fingerprint density at radius 3 is 2.58 bits per heavy atom. The van der Waals surface area contributed by atoms with Gasteiger partial charge in [-0.15, -0.1) is 0 Å². The zero-order valence-corrected chi connectivity index (χ0v) is 11.5. The molecule has 0 radical (unpaired) electrons. The molecule has 0 aliphatic rings. The van der Waals surface area contributed by atoms with Gasteiger partial charge in [-0.1, -0.05) is 6.07 Å². The number of carbonyl (C=O) groups is 1. The van der Waals surface area contributed by atoms with Crippen LogP contribution in [0.15, 0.2) is 24.3 Å². The summed E-state index contributed by atoms with van der Waals surface area (Å²) in [5, 5.41) is 0. The van der Waals surface area contributed by atoms with Crippen LogP contribution < -0.4 is 10.2 Å². The van der Waals surface area contributed by atoms with Crippen molar-refractivity contribution in [3.8, 4) is 5.75 Å². The van der Waals surface area contributed by atoms with Gasteiger partial charge in [-0.3, -0.25) is 9.63 Å². The molecule has 0 unspecified atom stereocenters. The molecule has 0 aliphatic carbocycles. The van der Waals surface area contributed by atoms with Crippen LogP contribution in [-0.4, -0.2) is 18.6 Å². The Bertz CT molecular complexity index is 478. The third-order valence-electron chi connectivity index (χ3n) is 2.06. The van der Waals surface area contributed by atoms with E-state index in [1.54, 1.807) is 6.07 Å². The number of carbonyl (C=O) groups excluding carboxylic acids is 1. The van der Waals surface area contributed by atoms with Gasteiger partial charge in [-0.2, -0.15) is 0 Å². The number of benzene rings is 1. The molecule has 0 saturated heterocycles. The van der Waals surface area contributed by atoms with Crippen LogP contribution >= 0.6 is 0 Å². The van der Waals surface area contributed by atoms with E-state index in [0.29, 0.717) is 5.56 Å². The van der Waals surface area contributed by atoms with Gasteiger partial charge in [0.1, 0.15) is 0 Å². The van der Waals surface area contributed by atoms with E-state index >= 15 is 0 Å². The van der Waals surface area contributed by atoms with Gasteiger partial charge in [-0.05, 0) is 44.5 Å². The highest BCUT2D eigenvalue weighted by molar-refractivity contribution is 5.90. The van der Waals surface area contributed by atoms with Crippen LogP contribution in [0.25, 0.3) is 6.08 Å². The molecule has 0 heterocycles. The van der Waals surface area contributed by atoms with E-state index in [1.807, 2.05) is 20.8 Å². The van der Waals surface area contributed by atoms with E-state index < -0.39 is 17.3 Å². The van der Waals surface area contributed by atoms with Gasteiger partial charge < -0.3 is 4.74 Å². The van der Waals surface area contributed by atoms with Crippen molar-refractivity contribution >= 4 is 12.0 Å². The smallest absolute Gasteiger partial charge is 0.267 e. The maximum absolute atomic E-state index is 13.4. The molecule has 5 heteroatoms. The van der Waals surface area contributed by atoms with Gasteiger partial charge in [0.05, 0.1) is 12.7 Å². The lowest BCUT2D eigenvalue weighted by Crippen LogP contribution is -2.32. The van der Waals surface area contributed by atoms with Crippen molar-refractivity contribution in [3.05, 3.63) is 35.7 Å². The van der Waals surface area contributed by atoms with Crippen LogP contribution in [0.5, 0.6) is 5.75 Å². The molecule has 0 aliphatic heterocycles. The molecule has 0 aromatic heterocycles. The molecule has 1 amide bonds. The first-order valence-electron chi connectivity index (χ1n) is 5.81. The molecule has 0 saturated carbocycles. The second-order valence-corrected chi connectivity index (χ2v) is 4.91. The number of hydroxylamine groups is 1. The van der Waals surface area contributed by atoms with Gasteiger partial charge in [0.15, 0.2) is 11.6 Å². The fraction of sp³-hybridized carbons (Fsp3) is 0.357. The average Bonchev–Trinajstić information content (AvgIpc) is 2.33. The van der Waals surface area contributed by atoms with Gasteiger partial charge in [-0.25, -0.2) is 9.87 Å².